The second-order valence-electron chi connectivity index (χ2n) is 6.50. The van der Waals surface area contributed by atoms with Crippen molar-refractivity contribution < 1.29 is 4.79 Å². The van der Waals surface area contributed by atoms with Gasteiger partial charge in [0.05, 0.1) is 0 Å². The van der Waals surface area contributed by atoms with Gasteiger partial charge in [-0.25, -0.2) is 4.98 Å². The first-order valence-corrected chi connectivity index (χ1v) is 8.76. The number of hydrogen-bond acceptors (Lipinski definition) is 5. The largest absolute Gasteiger partial charge is 0.383 e. The SMILES string of the molecule is CC[C@@H]1CN(c2ncc(C)c(N)n2)CCC(=O)N1Cc1ccccc1. The number of nitrogens with two attached hydrogens (primary N) is 1. The molecular formula is C19H25N5O. The highest BCUT2D eigenvalue weighted by Gasteiger charge is 2.29. The molecule has 0 unspecified atom stereocenters. The van der Waals surface area contributed by atoms with Gasteiger partial charge in [0.25, 0.3) is 0 Å². The fourth-order valence-electron chi connectivity index (χ4n) is 3.15. The minimum Gasteiger partial charge on any atom is -0.383 e. The lowest BCUT2D eigenvalue weighted by atomic mass is 10.1. The number of aryl methyl sites for hydroxylation is 1. The first-order valence-electron chi connectivity index (χ1n) is 8.76. The normalized spacial score (nSPS) is 18.3. The molecule has 25 heavy (non-hydrogen) atoms. The molecule has 0 spiro atoms. The summed E-state index contributed by atoms with van der Waals surface area (Å²) in [5, 5.41) is 0. The third kappa shape index (κ3) is 3.90. The van der Waals surface area contributed by atoms with Gasteiger partial charge in [-0.05, 0) is 18.9 Å². The second-order valence-corrected chi connectivity index (χ2v) is 6.50. The molecule has 0 saturated carbocycles. The maximum absolute atomic E-state index is 12.7. The molecule has 0 bridgehead atoms. The summed E-state index contributed by atoms with van der Waals surface area (Å²) in [5.74, 6) is 1.28. The van der Waals surface area contributed by atoms with Crippen molar-refractivity contribution in [1.29, 1.82) is 0 Å². The van der Waals surface area contributed by atoms with Crippen molar-refractivity contribution in [1.82, 2.24) is 14.9 Å². The number of hydrogen-bond donors (Lipinski definition) is 1. The van der Waals surface area contributed by atoms with E-state index < -0.39 is 0 Å². The van der Waals surface area contributed by atoms with E-state index in [0.29, 0.717) is 31.3 Å². The number of aromatic nitrogens is 2. The Morgan fingerprint density at radius 2 is 2.04 bits per heavy atom. The highest BCUT2D eigenvalue weighted by molar-refractivity contribution is 5.77. The van der Waals surface area contributed by atoms with Crippen molar-refractivity contribution in [2.75, 3.05) is 23.7 Å². The van der Waals surface area contributed by atoms with Crippen LogP contribution in [0.2, 0.25) is 0 Å². The summed E-state index contributed by atoms with van der Waals surface area (Å²) in [5.41, 5.74) is 7.95. The van der Waals surface area contributed by atoms with Crippen molar-refractivity contribution in [3.63, 3.8) is 0 Å². The molecule has 2 aromatic rings. The van der Waals surface area contributed by atoms with Crippen molar-refractivity contribution in [2.24, 2.45) is 0 Å². The van der Waals surface area contributed by atoms with Crippen LogP contribution in [0.15, 0.2) is 36.5 Å². The number of anilines is 2. The van der Waals surface area contributed by atoms with E-state index >= 15 is 0 Å². The number of nitrogen functional groups attached to an aromatic ring is 1. The lowest BCUT2D eigenvalue weighted by Gasteiger charge is -2.31. The van der Waals surface area contributed by atoms with Gasteiger partial charge in [0.15, 0.2) is 0 Å². The summed E-state index contributed by atoms with van der Waals surface area (Å²) in [7, 11) is 0. The fraction of sp³-hybridized carbons (Fsp3) is 0.421. The molecule has 1 saturated heterocycles. The maximum Gasteiger partial charge on any atom is 0.227 e. The number of carbonyl (C=O) groups excluding carboxylic acids is 1. The molecular weight excluding hydrogens is 314 g/mol. The van der Waals surface area contributed by atoms with Crippen molar-refractivity contribution >= 4 is 17.7 Å². The average Bonchev–Trinajstić information content (AvgIpc) is 2.78. The Balaban J connectivity index is 1.81. The zero-order chi connectivity index (χ0) is 17.8. The molecule has 3 rings (SSSR count). The molecule has 6 nitrogen and oxygen atoms in total. The third-order valence-electron chi connectivity index (χ3n) is 4.74. The summed E-state index contributed by atoms with van der Waals surface area (Å²) >= 11 is 0. The van der Waals surface area contributed by atoms with Crippen LogP contribution in [0.5, 0.6) is 0 Å². The van der Waals surface area contributed by atoms with E-state index in [9.17, 15) is 4.79 Å². The lowest BCUT2D eigenvalue weighted by Crippen LogP contribution is -2.42. The van der Waals surface area contributed by atoms with Crippen LogP contribution in [0, 0.1) is 6.92 Å². The van der Waals surface area contributed by atoms with E-state index in [4.69, 9.17) is 5.73 Å². The van der Waals surface area contributed by atoms with Crippen LogP contribution >= 0.6 is 0 Å². The van der Waals surface area contributed by atoms with Crippen LogP contribution in [-0.2, 0) is 11.3 Å². The highest BCUT2D eigenvalue weighted by atomic mass is 16.2. The van der Waals surface area contributed by atoms with Gasteiger partial charge in [-0.1, -0.05) is 37.3 Å². The molecule has 6 heteroatoms. The molecule has 132 valence electrons. The maximum atomic E-state index is 12.7. The molecule has 0 aliphatic carbocycles. The number of carbonyl (C=O) groups is 1. The second kappa shape index (κ2) is 7.51. The van der Waals surface area contributed by atoms with Crippen LogP contribution < -0.4 is 10.6 Å². The summed E-state index contributed by atoms with van der Waals surface area (Å²) in [4.78, 5) is 25.6. The number of rotatable bonds is 4. The smallest absolute Gasteiger partial charge is 0.227 e. The molecule has 1 aliphatic heterocycles. The van der Waals surface area contributed by atoms with E-state index in [0.717, 1.165) is 24.1 Å². The molecule has 0 radical (unpaired) electrons. The van der Waals surface area contributed by atoms with Crippen LogP contribution in [0.3, 0.4) is 0 Å². The van der Waals surface area contributed by atoms with E-state index in [1.165, 1.54) is 0 Å². The van der Waals surface area contributed by atoms with Crippen molar-refractivity contribution in [2.45, 2.75) is 39.3 Å². The number of amides is 1. The van der Waals surface area contributed by atoms with Crippen LogP contribution in [0.25, 0.3) is 0 Å². The Bertz CT molecular complexity index is 734. The molecule has 2 heterocycles. The number of benzene rings is 1. The summed E-state index contributed by atoms with van der Waals surface area (Å²) < 4.78 is 0. The van der Waals surface area contributed by atoms with Gasteiger partial charge < -0.3 is 15.5 Å². The van der Waals surface area contributed by atoms with Crippen LogP contribution in [-0.4, -0.2) is 39.9 Å². The topological polar surface area (TPSA) is 75.4 Å². The van der Waals surface area contributed by atoms with Gasteiger partial charge in [-0.2, -0.15) is 4.98 Å². The summed E-state index contributed by atoms with van der Waals surface area (Å²) in [6.45, 7) is 5.98. The van der Waals surface area contributed by atoms with Gasteiger partial charge >= 0.3 is 0 Å². The highest BCUT2D eigenvalue weighted by Crippen LogP contribution is 2.21. The van der Waals surface area contributed by atoms with E-state index in [1.807, 2.05) is 30.0 Å². The Morgan fingerprint density at radius 1 is 1.28 bits per heavy atom. The minimum absolute atomic E-state index is 0.126. The van der Waals surface area contributed by atoms with Crippen molar-refractivity contribution in [3.8, 4) is 0 Å². The zero-order valence-corrected chi connectivity index (χ0v) is 14.9. The Labute approximate surface area is 148 Å². The molecule has 1 aromatic carbocycles. The predicted molar refractivity (Wildman–Crippen MR) is 99.1 cm³/mol. The predicted octanol–water partition coefficient (Wildman–Crippen LogP) is 2.38. The monoisotopic (exact) mass is 339 g/mol. The molecule has 1 aliphatic rings. The summed E-state index contributed by atoms with van der Waals surface area (Å²) in [6.07, 6.45) is 3.09. The average molecular weight is 339 g/mol. The molecule has 1 amide bonds. The first-order chi connectivity index (χ1) is 12.1. The zero-order valence-electron chi connectivity index (χ0n) is 14.9. The Morgan fingerprint density at radius 3 is 2.72 bits per heavy atom. The van der Waals surface area contributed by atoms with Gasteiger partial charge in [0.1, 0.15) is 5.82 Å². The van der Waals surface area contributed by atoms with E-state index in [2.05, 4.69) is 33.9 Å². The van der Waals surface area contributed by atoms with Gasteiger partial charge in [-0.3, -0.25) is 4.79 Å². The van der Waals surface area contributed by atoms with Gasteiger partial charge in [0, 0.05) is 43.9 Å². The Kier molecular flexibility index (Phi) is 5.16. The lowest BCUT2D eigenvalue weighted by molar-refractivity contribution is -0.133. The fourth-order valence-corrected chi connectivity index (χ4v) is 3.15. The molecule has 1 aromatic heterocycles. The number of nitrogens with zero attached hydrogens (tertiary/aromatic N) is 4. The molecule has 1 atom stereocenters. The first kappa shape index (κ1) is 17.2. The van der Waals surface area contributed by atoms with E-state index in [-0.39, 0.29) is 11.9 Å². The van der Waals surface area contributed by atoms with Crippen molar-refractivity contribution in [3.05, 3.63) is 47.7 Å². The molecule has 1 fully saturated rings. The minimum atomic E-state index is 0.126. The van der Waals surface area contributed by atoms with E-state index in [1.54, 1.807) is 6.20 Å². The standard InChI is InChI=1S/C19H25N5O/c1-3-16-13-23(19-21-11-14(2)18(20)22-19)10-9-17(25)24(16)12-15-7-5-4-6-8-15/h4-8,11,16H,3,9-10,12-13H2,1-2H3,(H2,20,21,22)/t16-/m1/s1. The quantitative estimate of drug-likeness (QED) is 0.925. The van der Waals surface area contributed by atoms with Gasteiger partial charge in [-0.15, -0.1) is 0 Å². The third-order valence-corrected chi connectivity index (χ3v) is 4.74. The Hall–Kier alpha value is -2.63. The van der Waals surface area contributed by atoms with Crippen LogP contribution in [0.1, 0.15) is 30.9 Å². The summed E-state index contributed by atoms with van der Waals surface area (Å²) in [6, 6.07) is 10.3. The molecule has 2 N–H and O–H groups in total. The van der Waals surface area contributed by atoms with Crippen LogP contribution in [0.4, 0.5) is 11.8 Å². The van der Waals surface area contributed by atoms with Gasteiger partial charge in [0.2, 0.25) is 11.9 Å².